The maximum absolute atomic E-state index is 2.43. The Morgan fingerprint density at radius 1 is 0.290 bits per heavy atom. The van der Waals surface area contributed by atoms with Crippen molar-refractivity contribution in [3.63, 3.8) is 0 Å². The SMILES string of the molecule is CC1(C)c2ccccc2-c2ccc(-c3ccc(N(c4cccc(-c5cccc(-c6cccc7ccccc67)c5)c4)c4ccccc4-c4cccc(-c5ccccc5)c4)cc3)cc21. The molecular weight excluding hydrogens is 747 g/mol. The Balaban J connectivity index is 1.02. The third-order valence-electron chi connectivity index (χ3n) is 12.9. The Labute approximate surface area is 364 Å². The molecule has 1 aliphatic carbocycles. The van der Waals surface area contributed by atoms with Gasteiger partial charge in [-0.15, -0.1) is 0 Å². The molecule has 1 heteroatoms. The van der Waals surface area contributed by atoms with Gasteiger partial charge in [0.1, 0.15) is 0 Å². The lowest BCUT2D eigenvalue weighted by Crippen LogP contribution is -2.14. The summed E-state index contributed by atoms with van der Waals surface area (Å²) in [7, 11) is 0. The second-order valence-corrected chi connectivity index (χ2v) is 16.9. The summed E-state index contributed by atoms with van der Waals surface area (Å²) in [5.74, 6) is 0. The maximum Gasteiger partial charge on any atom is 0.0540 e. The number of para-hydroxylation sites is 1. The van der Waals surface area contributed by atoms with Crippen molar-refractivity contribution in [1.82, 2.24) is 0 Å². The molecule has 1 aliphatic rings. The fraction of sp³-hybridized carbons (Fsp3) is 0.0492. The van der Waals surface area contributed by atoms with E-state index in [-0.39, 0.29) is 5.41 Å². The zero-order valence-corrected chi connectivity index (χ0v) is 35.0. The van der Waals surface area contributed by atoms with E-state index in [0.29, 0.717) is 0 Å². The quantitative estimate of drug-likeness (QED) is 0.148. The molecule has 0 radical (unpaired) electrons. The average molecular weight is 792 g/mol. The minimum atomic E-state index is -0.0559. The van der Waals surface area contributed by atoms with Crippen molar-refractivity contribution in [2.45, 2.75) is 19.3 Å². The van der Waals surface area contributed by atoms with Gasteiger partial charge in [-0.25, -0.2) is 0 Å². The first-order valence-electron chi connectivity index (χ1n) is 21.6. The van der Waals surface area contributed by atoms with Crippen LogP contribution in [0.4, 0.5) is 17.1 Å². The molecule has 0 aliphatic heterocycles. The van der Waals surface area contributed by atoms with Crippen LogP contribution in [0.15, 0.2) is 237 Å². The summed E-state index contributed by atoms with van der Waals surface area (Å²) in [6.07, 6.45) is 0. The van der Waals surface area contributed by atoms with Crippen LogP contribution >= 0.6 is 0 Å². The molecule has 0 aromatic heterocycles. The summed E-state index contributed by atoms with van der Waals surface area (Å²) >= 11 is 0. The standard InChI is InChI=1S/C61H45N/c1-61(2)58-30-10-8-28-56(58)57-37-34-48(41-59(57)61)43-32-35-51(36-33-43)62(60-31-11-9-27-55(60)50-24-12-20-45(38-50)42-16-4-3-5-17-42)52-25-14-22-47(40-52)46-21-13-23-49(39-46)54-29-15-19-44-18-6-7-26-53(44)54/h3-41H,1-2H3. The van der Waals surface area contributed by atoms with Crippen LogP contribution in [-0.4, -0.2) is 0 Å². The molecule has 1 nitrogen and oxygen atoms in total. The molecular formula is C61H45N. The van der Waals surface area contributed by atoms with Gasteiger partial charge in [-0.1, -0.05) is 202 Å². The highest BCUT2D eigenvalue weighted by atomic mass is 15.1. The fourth-order valence-electron chi connectivity index (χ4n) is 9.69. The molecule has 0 heterocycles. The molecule has 0 fully saturated rings. The van der Waals surface area contributed by atoms with Gasteiger partial charge >= 0.3 is 0 Å². The molecule has 0 saturated heterocycles. The minimum absolute atomic E-state index is 0.0559. The summed E-state index contributed by atoms with van der Waals surface area (Å²) in [5, 5.41) is 2.51. The van der Waals surface area contributed by atoms with Crippen molar-refractivity contribution in [1.29, 1.82) is 0 Å². The predicted octanol–water partition coefficient (Wildman–Crippen LogP) is 17.0. The van der Waals surface area contributed by atoms with E-state index in [0.717, 1.165) is 28.2 Å². The molecule has 10 aromatic rings. The number of fused-ring (bicyclic) bond motifs is 4. The first-order valence-corrected chi connectivity index (χ1v) is 21.6. The van der Waals surface area contributed by atoms with Crippen LogP contribution in [0.2, 0.25) is 0 Å². The van der Waals surface area contributed by atoms with Gasteiger partial charge in [0.2, 0.25) is 0 Å². The van der Waals surface area contributed by atoms with Gasteiger partial charge in [-0.3, -0.25) is 0 Å². The largest absolute Gasteiger partial charge is 0.310 e. The van der Waals surface area contributed by atoms with Crippen molar-refractivity contribution in [3.8, 4) is 66.8 Å². The van der Waals surface area contributed by atoms with Crippen molar-refractivity contribution < 1.29 is 0 Å². The number of nitrogens with zero attached hydrogens (tertiary/aromatic N) is 1. The van der Waals surface area contributed by atoms with Crippen LogP contribution in [0.1, 0.15) is 25.0 Å². The Bertz CT molecular complexity index is 3260. The Kier molecular flexibility index (Phi) is 9.24. The smallest absolute Gasteiger partial charge is 0.0540 e. The van der Waals surface area contributed by atoms with Crippen LogP contribution in [0.25, 0.3) is 77.5 Å². The average Bonchev–Trinajstić information content (AvgIpc) is 3.57. The molecule has 0 saturated carbocycles. The Morgan fingerprint density at radius 3 is 1.60 bits per heavy atom. The first kappa shape index (κ1) is 37.3. The molecule has 0 bridgehead atoms. The van der Waals surface area contributed by atoms with Crippen LogP contribution in [0, 0.1) is 0 Å². The summed E-state index contributed by atoms with van der Waals surface area (Å²) in [5.41, 5.74) is 20.7. The fourth-order valence-corrected chi connectivity index (χ4v) is 9.69. The van der Waals surface area contributed by atoms with E-state index >= 15 is 0 Å². The molecule has 11 rings (SSSR count). The number of hydrogen-bond acceptors (Lipinski definition) is 1. The molecule has 62 heavy (non-hydrogen) atoms. The van der Waals surface area contributed by atoms with Gasteiger partial charge in [-0.05, 0) is 132 Å². The Morgan fingerprint density at radius 2 is 0.790 bits per heavy atom. The van der Waals surface area contributed by atoms with E-state index in [1.807, 2.05) is 0 Å². The summed E-state index contributed by atoms with van der Waals surface area (Å²) < 4.78 is 0. The van der Waals surface area contributed by atoms with Crippen molar-refractivity contribution >= 4 is 27.8 Å². The van der Waals surface area contributed by atoms with E-state index in [4.69, 9.17) is 0 Å². The van der Waals surface area contributed by atoms with Crippen LogP contribution in [0.5, 0.6) is 0 Å². The summed E-state index contributed by atoms with van der Waals surface area (Å²) in [6.45, 7) is 4.70. The normalized spacial score (nSPS) is 12.5. The highest BCUT2D eigenvalue weighted by Gasteiger charge is 2.35. The zero-order chi connectivity index (χ0) is 41.6. The lowest BCUT2D eigenvalue weighted by Gasteiger charge is -2.28. The topological polar surface area (TPSA) is 3.24 Å². The summed E-state index contributed by atoms with van der Waals surface area (Å²) in [6, 6.07) is 86.6. The third-order valence-corrected chi connectivity index (χ3v) is 12.9. The highest BCUT2D eigenvalue weighted by Crippen LogP contribution is 2.50. The molecule has 294 valence electrons. The van der Waals surface area contributed by atoms with E-state index in [9.17, 15) is 0 Å². The van der Waals surface area contributed by atoms with Crippen LogP contribution in [0.3, 0.4) is 0 Å². The molecule has 0 N–H and O–H groups in total. The van der Waals surface area contributed by atoms with Gasteiger partial charge in [-0.2, -0.15) is 0 Å². The molecule has 0 spiro atoms. The van der Waals surface area contributed by atoms with E-state index in [1.54, 1.807) is 0 Å². The van der Waals surface area contributed by atoms with E-state index < -0.39 is 0 Å². The Hall–Kier alpha value is -7.74. The third kappa shape index (κ3) is 6.60. The maximum atomic E-state index is 2.43. The second kappa shape index (κ2) is 15.4. The van der Waals surface area contributed by atoms with Crippen molar-refractivity contribution in [2.24, 2.45) is 0 Å². The number of benzene rings is 10. The van der Waals surface area contributed by atoms with Crippen LogP contribution < -0.4 is 4.90 Å². The zero-order valence-electron chi connectivity index (χ0n) is 35.0. The van der Waals surface area contributed by atoms with Crippen molar-refractivity contribution in [3.05, 3.63) is 248 Å². The molecule has 0 amide bonds. The van der Waals surface area contributed by atoms with Gasteiger partial charge in [0.15, 0.2) is 0 Å². The summed E-state index contributed by atoms with van der Waals surface area (Å²) in [4.78, 5) is 2.43. The van der Waals surface area contributed by atoms with Crippen LogP contribution in [-0.2, 0) is 5.41 Å². The monoisotopic (exact) mass is 791 g/mol. The van der Waals surface area contributed by atoms with E-state index in [1.165, 1.54) is 77.5 Å². The van der Waals surface area contributed by atoms with E-state index in [2.05, 4.69) is 255 Å². The van der Waals surface area contributed by atoms with Gasteiger partial charge in [0.05, 0.1) is 5.69 Å². The highest BCUT2D eigenvalue weighted by molar-refractivity contribution is 5.97. The van der Waals surface area contributed by atoms with Crippen molar-refractivity contribution in [2.75, 3.05) is 4.90 Å². The number of anilines is 3. The molecule has 10 aromatic carbocycles. The lowest BCUT2D eigenvalue weighted by atomic mass is 9.81. The molecule has 0 atom stereocenters. The first-order chi connectivity index (χ1) is 30.5. The van der Waals surface area contributed by atoms with Gasteiger partial charge in [0.25, 0.3) is 0 Å². The number of rotatable bonds is 8. The lowest BCUT2D eigenvalue weighted by molar-refractivity contribution is 0.660. The predicted molar refractivity (Wildman–Crippen MR) is 263 cm³/mol. The minimum Gasteiger partial charge on any atom is -0.310 e. The second-order valence-electron chi connectivity index (χ2n) is 16.9. The van der Waals surface area contributed by atoms with Gasteiger partial charge in [0, 0.05) is 22.4 Å². The molecule has 0 unspecified atom stereocenters. The number of hydrogen-bond donors (Lipinski definition) is 0. The van der Waals surface area contributed by atoms with Gasteiger partial charge < -0.3 is 4.90 Å².